The predicted octanol–water partition coefficient (Wildman–Crippen LogP) is 2.43. The van der Waals surface area contributed by atoms with Gasteiger partial charge in [0.1, 0.15) is 5.75 Å². The molecule has 0 saturated carbocycles. The van der Waals surface area contributed by atoms with Crippen LogP contribution in [0.4, 0.5) is 11.4 Å². The largest absolute Gasteiger partial charge is 0.491 e. The topological polar surface area (TPSA) is 56.3 Å². The highest BCUT2D eigenvalue weighted by atomic mass is 16.5. The van der Waals surface area contributed by atoms with Gasteiger partial charge in [-0.1, -0.05) is 13.0 Å². The first-order valence-electron chi connectivity index (χ1n) is 6.81. The van der Waals surface area contributed by atoms with Crippen LogP contribution in [0.1, 0.15) is 18.9 Å². The fourth-order valence-electron chi connectivity index (χ4n) is 2.12. The molecular weight excluding hydrogens is 252 g/mol. The van der Waals surface area contributed by atoms with Gasteiger partial charge in [0, 0.05) is 32.4 Å². The molecule has 2 aromatic rings. The third-order valence-corrected chi connectivity index (χ3v) is 3.09. The summed E-state index contributed by atoms with van der Waals surface area (Å²) in [5, 5.41) is 4.18. The summed E-state index contributed by atoms with van der Waals surface area (Å²) in [6.07, 6.45) is 4.84. The Morgan fingerprint density at radius 2 is 2.20 bits per heavy atom. The minimum Gasteiger partial charge on any atom is -0.491 e. The van der Waals surface area contributed by atoms with Crippen molar-refractivity contribution in [3.05, 3.63) is 36.2 Å². The van der Waals surface area contributed by atoms with E-state index >= 15 is 0 Å². The SMILES string of the molecule is CCCOc1cccc(N(C)Cc2cnn(C)c2)c1N. The van der Waals surface area contributed by atoms with Crippen molar-refractivity contribution in [1.29, 1.82) is 0 Å². The zero-order valence-electron chi connectivity index (χ0n) is 12.3. The molecule has 0 aliphatic heterocycles. The smallest absolute Gasteiger partial charge is 0.144 e. The lowest BCUT2D eigenvalue weighted by Gasteiger charge is -2.22. The molecule has 0 aliphatic carbocycles. The summed E-state index contributed by atoms with van der Waals surface area (Å²) >= 11 is 0. The number of rotatable bonds is 6. The molecule has 0 saturated heterocycles. The Bertz CT molecular complexity index is 565. The highest BCUT2D eigenvalue weighted by molar-refractivity contribution is 5.73. The number of hydrogen-bond donors (Lipinski definition) is 1. The molecule has 0 fully saturated rings. The number of aryl methyl sites for hydroxylation is 1. The number of benzene rings is 1. The molecule has 2 N–H and O–H groups in total. The summed E-state index contributed by atoms with van der Waals surface area (Å²) in [5.74, 6) is 0.752. The van der Waals surface area contributed by atoms with Crippen LogP contribution in [0.3, 0.4) is 0 Å². The van der Waals surface area contributed by atoms with E-state index in [1.807, 2.05) is 44.7 Å². The first kappa shape index (κ1) is 14.2. The van der Waals surface area contributed by atoms with E-state index < -0.39 is 0 Å². The Morgan fingerprint density at radius 3 is 2.85 bits per heavy atom. The summed E-state index contributed by atoms with van der Waals surface area (Å²) in [5.41, 5.74) is 9.01. The molecule has 1 aromatic heterocycles. The number of aromatic nitrogens is 2. The molecule has 0 atom stereocenters. The second-order valence-corrected chi connectivity index (χ2v) is 4.92. The standard InChI is InChI=1S/C15H22N4O/c1-4-8-20-14-7-5-6-13(15(14)16)18(2)10-12-9-17-19(3)11-12/h5-7,9,11H,4,8,10,16H2,1-3H3. The van der Waals surface area contributed by atoms with Crippen LogP contribution < -0.4 is 15.4 Å². The van der Waals surface area contributed by atoms with Gasteiger partial charge >= 0.3 is 0 Å². The number of nitrogen functional groups attached to an aromatic ring is 1. The molecule has 2 rings (SSSR count). The van der Waals surface area contributed by atoms with Crippen molar-refractivity contribution >= 4 is 11.4 Å². The molecular formula is C15H22N4O. The summed E-state index contributed by atoms with van der Waals surface area (Å²) in [4.78, 5) is 2.10. The summed E-state index contributed by atoms with van der Waals surface area (Å²) in [7, 11) is 3.93. The molecule has 0 radical (unpaired) electrons. The van der Waals surface area contributed by atoms with Crippen LogP contribution in [0.2, 0.25) is 0 Å². The van der Waals surface area contributed by atoms with E-state index in [1.165, 1.54) is 0 Å². The molecule has 0 aliphatic rings. The fraction of sp³-hybridized carbons (Fsp3) is 0.400. The molecule has 1 heterocycles. The number of hydrogen-bond acceptors (Lipinski definition) is 4. The zero-order valence-corrected chi connectivity index (χ0v) is 12.3. The highest BCUT2D eigenvalue weighted by Gasteiger charge is 2.11. The Labute approximate surface area is 119 Å². The summed E-state index contributed by atoms with van der Waals surface area (Å²) in [6, 6.07) is 5.88. The van der Waals surface area contributed by atoms with E-state index in [9.17, 15) is 0 Å². The average Bonchev–Trinajstić information content (AvgIpc) is 2.83. The predicted molar refractivity (Wildman–Crippen MR) is 82.0 cm³/mol. The van der Waals surface area contributed by atoms with E-state index in [4.69, 9.17) is 10.5 Å². The van der Waals surface area contributed by atoms with E-state index in [2.05, 4.69) is 16.9 Å². The second-order valence-electron chi connectivity index (χ2n) is 4.92. The van der Waals surface area contributed by atoms with Gasteiger partial charge < -0.3 is 15.4 Å². The van der Waals surface area contributed by atoms with Crippen LogP contribution >= 0.6 is 0 Å². The van der Waals surface area contributed by atoms with Crippen LogP contribution in [-0.2, 0) is 13.6 Å². The monoisotopic (exact) mass is 274 g/mol. The molecule has 1 aromatic carbocycles. The summed E-state index contributed by atoms with van der Waals surface area (Å²) < 4.78 is 7.46. The quantitative estimate of drug-likeness (QED) is 0.822. The van der Waals surface area contributed by atoms with Crippen molar-refractivity contribution in [2.45, 2.75) is 19.9 Å². The Balaban J connectivity index is 2.14. The van der Waals surface area contributed by atoms with Crippen LogP contribution in [0, 0.1) is 0 Å². The molecule has 5 nitrogen and oxygen atoms in total. The first-order chi connectivity index (χ1) is 9.61. The van der Waals surface area contributed by atoms with E-state index in [0.717, 1.165) is 30.0 Å². The fourth-order valence-corrected chi connectivity index (χ4v) is 2.12. The van der Waals surface area contributed by atoms with Crippen molar-refractivity contribution in [3.63, 3.8) is 0 Å². The third-order valence-electron chi connectivity index (χ3n) is 3.09. The van der Waals surface area contributed by atoms with Gasteiger partial charge in [-0.05, 0) is 18.6 Å². The highest BCUT2D eigenvalue weighted by Crippen LogP contribution is 2.32. The maximum atomic E-state index is 6.20. The average molecular weight is 274 g/mol. The second kappa shape index (κ2) is 6.32. The number of para-hydroxylation sites is 1. The van der Waals surface area contributed by atoms with Gasteiger partial charge in [-0.25, -0.2) is 0 Å². The molecule has 108 valence electrons. The van der Waals surface area contributed by atoms with Crippen LogP contribution in [-0.4, -0.2) is 23.4 Å². The Kier molecular flexibility index (Phi) is 4.50. The molecule has 0 amide bonds. The molecule has 0 spiro atoms. The maximum absolute atomic E-state index is 6.20. The minimum atomic E-state index is 0.681. The Morgan fingerprint density at radius 1 is 1.40 bits per heavy atom. The lowest BCUT2D eigenvalue weighted by Crippen LogP contribution is -2.18. The van der Waals surface area contributed by atoms with Crippen molar-refractivity contribution in [3.8, 4) is 5.75 Å². The lowest BCUT2D eigenvalue weighted by molar-refractivity contribution is 0.319. The van der Waals surface area contributed by atoms with E-state index in [0.29, 0.717) is 12.3 Å². The third kappa shape index (κ3) is 3.23. The molecule has 5 heteroatoms. The summed E-state index contributed by atoms with van der Waals surface area (Å²) in [6.45, 7) is 3.52. The molecule has 0 unspecified atom stereocenters. The zero-order chi connectivity index (χ0) is 14.5. The van der Waals surface area contributed by atoms with Gasteiger partial charge in [-0.15, -0.1) is 0 Å². The van der Waals surface area contributed by atoms with Gasteiger partial charge in [0.15, 0.2) is 0 Å². The van der Waals surface area contributed by atoms with Gasteiger partial charge in [0.2, 0.25) is 0 Å². The van der Waals surface area contributed by atoms with Crippen molar-refractivity contribution in [2.75, 3.05) is 24.3 Å². The van der Waals surface area contributed by atoms with Gasteiger partial charge in [0.25, 0.3) is 0 Å². The van der Waals surface area contributed by atoms with E-state index in [-0.39, 0.29) is 0 Å². The van der Waals surface area contributed by atoms with E-state index in [1.54, 1.807) is 4.68 Å². The van der Waals surface area contributed by atoms with Crippen LogP contribution in [0.25, 0.3) is 0 Å². The minimum absolute atomic E-state index is 0.681. The number of ether oxygens (including phenoxy) is 1. The number of nitrogens with zero attached hydrogens (tertiary/aromatic N) is 3. The van der Waals surface area contributed by atoms with Gasteiger partial charge in [0.05, 0.1) is 24.2 Å². The normalized spacial score (nSPS) is 10.6. The van der Waals surface area contributed by atoms with Crippen molar-refractivity contribution in [1.82, 2.24) is 9.78 Å². The van der Waals surface area contributed by atoms with Crippen molar-refractivity contribution < 1.29 is 4.74 Å². The van der Waals surface area contributed by atoms with Gasteiger partial charge in [-0.3, -0.25) is 4.68 Å². The maximum Gasteiger partial charge on any atom is 0.144 e. The first-order valence-corrected chi connectivity index (χ1v) is 6.81. The van der Waals surface area contributed by atoms with Crippen LogP contribution in [0.15, 0.2) is 30.6 Å². The molecule has 0 bridgehead atoms. The number of nitrogens with two attached hydrogens (primary N) is 1. The molecule has 20 heavy (non-hydrogen) atoms. The van der Waals surface area contributed by atoms with Crippen molar-refractivity contribution in [2.24, 2.45) is 7.05 Å². The van der Waals surface area contributed by atoms with Crippen LogP contribution in [0.5, 0.6) is 5.75 Å². The number of anilines is 2. The lowest BCUT2D eigenvalue weighted by atomic mass is 10.2. The Hall–Kier alpha value is -2.17. The van der Waals surface area contributed by atoms with Gasteiger partial charge in [-0.2, -0.15) is 5.10 Å².